The quantitative estimate of drug-likeness (QED) is 0.625. The first-order chi connectivity index (χ1) is 4.38. The lowest BCUT2D eigenvalue weighted by molar-refractivity contribution is 0.357. The highest BCUT2D eigenvalue weighted by atomic mass is 32.1. The van der Waals surface area contributed by atoms with Gasteiger partial charge >= 0.3 is 0 Å². The molecule has 0 saturated carbocycles. The van der Waals surface area contributed by atoms with Gasteiger partial charge in [-0.2, -0.15) is 0 Å². The Morgan fingerprint density at radius 2 is 2.22 bits per heavy atom. The van der Waals surface area contributed by atoms with Gasteiger partial charge in [0, 0.05) is 5.38 Å². The second kappa shape index (κ2) is 2.73. The highest BCUT2D eigenvalue weighted by Gasteiger charge is 2.01. The van der Waals surface area contributed by atoms with Crippen LogP contribution in [-0.2, 0) is 0 Å². The van der Waals surface area contributed by atoms with Crippen LogP contribution < -0.4 is 9.47 Å². The van der Waals surface area contributed by atoms with E-state index in [0.717, 1.165) is 5.75 Å². The van der Waals surface area contributed by atoms with Gasteiger partial charge < -0.3 is 9.47 Å². The molecule has 1 aromatic heterocycles. The van der Waals surface area contributed by atoms with Crippen LogP contribution in [0.2, 0.25) is 0 Å². The van der Waals surface area contributed by atoms with E-state index >= 15 is 0 Å². The fourth-order valence-corrected chi connectivity index (χ4v) is 1.18. The van der Waals surface area contributed by atoms with Crippen molar-refractivity contribution in [2.45, 2.75) is 0 Å². The van der Waals surface area contributed by atoms with Crippen LogP contribution in [0.5, 0.6) is 11.5 Å². The second-order valence-electron chi connectivity index (χ2n) is 1.44. The SMILES string of the molecule is COc1[c]scc1OC. The van der Waals surface area contributed by atoms with E-state index in [1.54, 1.807) is 14.2 Å². The van der Waals surface area contributed by atoms with Crippen molar-refractivity contribution in [3.8, 4) is 11.5 Å². The Bertz CT molecular complexity index is 164. The predicted molar refractivity (Wildman–Crippen MR) is 36.3 cm³/mol. The Hall–Kier alpha value is -0.700. The molecule has 0 unspecified atom stereocenters. The van der Waals surface area contributed by atoms with E-state index in [1.165, 1.54) is 11.3 Å². The smallest absolute Gasteiger partial charge is 0.180 e. The van der Waals surface area contributed by atoms with Gasteiger partial charge in [-0.3, -0.25) is 0 Å². The van der Waals surface area contributed by atoms with Gasteiger partial charge in [-0.15, -0.1) is 11.3 Å². The van der Waals surface area contributed by atoms with Crippen LogP contribution in [0.4, 0.5) is 0 Å². The van der Waals surface area contributed by atoms with Gasteiger partial charge in [0.25, 0.3) is 0 Å². The van der Waals surface area contributed by atoms with Crippen LogP contribution in [0.1, 0.15) is 0 Å². The molecule has 0 aliphatic heterocycles. The molecule has 49 valence electrons. The van der Waals surface area contributed by atoms with Crippen LogP contribution in [0.15, 0.2) is 5.38 Å². The van der Waals surface area contributed by atoms with Crippen LogP contribution in [0, 0.1) is 5.38 Å². The second-order valence-corrected chi connectivity index (χ2v) is 2.11. The minimum absolute atomic E-state index is 0.683. The molecule has 0 amide bonds. The highest BCUT2D eigenvalue weighted by molar-refractivity contribution is 7.07. The molecule has 1 radical (unpaired) electrons. The predicted octanol–water partition coefficient (Wildman–Crippen LogP) is 1.57. The van der Waals surface area contributed by atoms with E-state index in [-0.39, 0.29) is 0 Å². The summed E-state index contributed by atoms with van der Waals surface area (Å²) in [6.45, 7) is 0. The Morgan fingerprint density at radius 1 is 1.44 bits per heavy atom. The first-order valence-corrected chi connectivity index (χ1v) is 3.33. The van der Waals surface area contributed by atoms with Crippen LogP contribution in [0.3, 0.4) is 0 Å². The van der Waals surface area contributed by atoms with E-state index in [9.17, 15) is 0 Å². The third kappa shape index (κ3) is 1.16. The molecule has 0 spiro atoms. The number of hydrogen-bond donors (Lipinski definition) is 0. The molecule has 0 aliphatic carbocycles. The largest absolute Gasteiger partial charge is 0.492 e. The lowest BCUT2D eigenvalue weighted by Gasteiger charge is -1.97. The van der Waals surface area contributed by atoms with Crippen molar-refractivity contribution < 1.29 is 9.47 Å². The van der Waals surface area contributed by atoms with Gasteiger partial charge in [-0.05, 0) is 0 Å². The first kappa shape index (κ1) is 6.42. The average molecular weight is 143 g/mol. The Kier molecular flexibility index (Phi) is 1.95. The van der Waals surface area contributed by atoms with Crippen molar-refractivity contribution in [3.05, 3.63) is 10.8 Å². The lowest BCUT2D eigenvalue weighted by Crippen LogP contribution is -1.84. The third-order valence-electron chi connectivity index (χ3n) is 0.965. The van der Waals surface area contributed by atoms with Gasteiger partial charge in [-0.25, -0.2) is 0 Å². The van der Waals surface area contributed by atoms with E-state index in [4.69, 9.17) is 9.47 Å². The average Bonchev–Trinajstić information content (AvgIpc) is 2.33. The normalized spacial score (nSPS) is 9.11. The van der Waals surface area contributed by atoms with Crippen molar-refractivity contribution in [2.24, 2.45) is 0 Å². The monoisotopic (exact) mass is 143 g/mol. The molecule has 0 saturated heterocycles. The van der Waals surface area contributed by atoms with Gasteiger partial charge in [0.15, 0.2) is 11.5 Å². The number of hydrogen-bond acceptors (Lipinski definition) is 3. The topological polar surface area (TPSA) is 18.5 Å². The maximum absolute atomic E-state index is 4.93. The van der Waals surface area contributed by atoms with E-state index in [2.05, 4.69) is 5.38 Å². The van der Waals surface area contributed by atoms with Crippen molar-refractivity contribution >= 4 is 11.3 Å². The molecular formula is C6H7O2S. The molecule has 0 atom stereocenters. The summed E-state index contributed by atoms with van der Waals surface area (Å²) in [6, 6.07) is 0. The van der Waals surface area contributed by atoms with E-state index in [0.29, 0.717) is 5.75 Å². The van der Waals surface area contributed by atoms with Crippen LogP contribution >= 0.6 is 11.3 Å². The van der Waals surface area contributed by atoms with Crippen molar-refractivity contribution in [1.82, 2.24) is 0 Å². The molecule has 1 aromatic rings. The molecule has 0 fully saturated rings. The zero-order chi connectivity index (χ0) is 6.69. The molecule has 0 bridgehead atoms. The van der Waals surface area contributed by atoms with Gasteiger partial charge in [-0.1, -0.05) is 0 Å². The molecule has 3 heteroatoms. The molecule has 1 rings (SSSR count). The Labute approximate surface area is 58.0 Å². The number of thiophene rings is 1. The highest BCUT2D eigenvalue weighted by Crippen LogP contribution is 2.29. The maximum Gasteiger partial charge on any atom is 0.180 e. The minimum Gasteiger partial charge on any atom is -0.492 e. The first-order valence-electron chi connectivity index (χ1n) is 2.45. The fraction of sp³-hybridized carbons (Fsp3) is 0.333. The lowest BCUT2D eigenvalue weighted by atomic mass is 10.5. The molecule has 2 nitrogen and oxygen atoms in total. The number of ether oxygens (including phenoxy) is 2. The molecule has 0 aromatic carbocycles. The summed E-state index contributed by atoms with van der Waals surface area (Å²) in [6.07, 6.45) is 0. The van der Waals surface area contributed by atoms with Crippen LogP contribution in [0.25, 0.3) is 0 Å². The van der Waals surface area contributed by atoms with Gasteiger partial charge in [0.1, 0.15) is 0 Å². The number of rotatable bonds is 2. The summed E-state index contributed by atoms with van der Waals surface area (Å²) in [5, 5.41) is 4.75. The molecule has 0 N–H and O–H groups in total. The van der Waals surface area contributed by atoms with E-state index in [1.807, 2.05) is 5.38 Å². The standard InChI is InChI=1S/C6H7O2S/c1-7-5-3-9-4-6(5)8-2/h3H,1-2H3. The minimum atomic E-state index is 0.683. The fourth-order valence-electron chi connectivity index (χ4n) is 0.523. The summed E-state index contributed by atoms with van der Waals surface area (Å²) in [5.41, 5.74) is 0. The zero-order valence-electron chi connectivity index (χ0n) is 5.30. The summed E-state index contributed by atoms with van der Waals surface area (Å²) in [5.74, 6) is 1.44. The van der Waals surface area contributed by atoms with Crippen LogP contribution in [-0.4, -0.2) is 14.2 Å². The van der Waals surface area contributed by atoms with E-state index < -0.39 is 0 Å². The summed E-state index contributed by atoms with van der Waals surface area (Å²) in [7, 11) is 3.21. The summed E-state index contributed by atoms with van der Waals surface area (Å²) in [4.78, 5) is 0. The van der Waals surface area contributed by atoms with Gasteiger partial charge in [0.05, 0.1) is 19.6 Å². The third-order valence-corrected chi connectivity index (χ3v) is 1.60. The number of methoxy groups -OCH3 is 2. The molecule has 1 heterocycles. The summed E-state index contributed by atoms with van der Waals surface area (Å²) >= 11 is 1.44. The maximum atomic E-state index is 4.93. The van der Waals surface area contributed by atoms with Crippen molar-refractivity contribution in [1.29, 1.82) is 0 Å². The Morgan fingerprint density at radius 3 is 2.67 bits per heavy atom. The zero-order valence-corrected chi connectivity index (χ0v) is 6.12. The summed E-state index contributed by atoms with van der Waals surface area (Å²) < 4.78 is 9.84. The van der Waals surface area contributed by atoms with Crippen molar-refractivity contribution in [2.75, 3.05) is 14.2 Å². The van der Waals surface area contributed by atoms with Gasteiger partial charge in [0.2, 0.25) is 0 Å². The molecule has 9 heavy (non-hydrogen) atoms. The molecule has 0 aliphatic rings. The Balaban J connectivity index is 2.85. The molecular weight excluding hydrogens is 136 g/mol. The van der Waals surface area contributed by atoms with Crippen molar-refractivity contribution in [3.63, 3.8) is 0 Å².